The van der Waals surface area contributed by atoms with Gasteiger partial charge >= 0.3 is 0 Å². The highest BCUT2D eigenvalue weighted by Crippen LogP contribution is 2.22. The standard InChI is InChI=1S/C23H31N3O3/c1-4-22(18-5-11-21(28-3)12-6-18)24-17(2)23(27)25-19-7-9-20(10-8-19)26-13-15-29-16-14-26/h5-12,17,22,24H,4,13-16H2,1-3H3,(H,25,27)/t17-,22+/m1/s1. The quantitative estimate of drug-likeness (QED) is 0.713. The summed E-state index contributed by atoms with van der Waals surface area (Å²) in [5, 5.41) is 6.43. The Kier molecular flexibility index (Phi) is 7.49. The molecule has 6 nitrogen and oxygen atoms in total. The van der Waals surface area contributed by atoms with Gasteiger partial charge in [0.1, 0.15) is 5.75 Å². The highest BCUT2D eigenvalue weighted by molar-refractivity contribution is 5.94. The minimum Gasteiger partial charge on any atom is -0.497 e. The Morgan fingerprint density at radius 3 is 2.34 bits per heavy atom. The first-order chi connectivity index (χ1) is 14.1. The Balaban J connectivity index is 1.56. The SMILES string of the molecule is CC[C@H](N[C@H](C)C(=O)Nc1ccc(N2CCOCC2)cc1)c1ccc(OC)cc1. The number of rotatable bonds is 8. The lowest BCUT2D eigenvalue weighted by Crippen LogP contribution is -2.40. The fraction of sp³-hybridized carbons (Fsp3) is 0.435. The van der Waals surface area contributed by atoms with Gasteiger partial charge in [-0.25, -0.2) is 0 Å². The van der Waals surface area contributed by atoms with Crippen molar-refractivity contribution >= 4 is 17.3 Å². The second-order valence-corrected chi connectivity index (χ2v) is 7.26. The number of amides is 1. The summed E-state index contributed by atoms with van der Waals surface area (Å²) in [6, 6.07) is 15.7. The van der Waals surface area contributed by atoms with Crippen LogP contribution in [0.5, 0.6) is 5.75 Å². The van der Waals surface area contributed by atoms with Crippen LogP contribution in [0.1, 0.15) is 31.9 Å². The van der Waals surface area contributed by atoms with Crippen LogP contribution >= 0.6 is 0 Å². The van der Waals surface area contributed by atoms with Crippen molar-refractivity contribution in [3.63, 3.8) is 0 Å². The van der Waals surface area contributed by atoms with E-state index >= 15 is 0 Å². The molecule has 6 heteroatoms. The average Bonchev–Trinajstić information content (AvgIpc) is 2.78. The molecule has 0 aliphatic carbocycles. The van der Waals surface area contributed by atoms with Gasteiger partial charge in [0.25, 0.3) is 0 Å². The third-order valence-corrected chi connectivity index (χ3v) is 5.28. The first-order valence-corrected chi connectivity index (χ1v) is 10.2. The predicted octanol–water partition coefficient (Wildman–Crippen LogP) is 3.60. The van der Waals surface area contributed by atoms with Gasteiger partial charge in [-0.2, -0.15) is 0 Å². The highest BCUT2D eigenvalue weighted by Gasteiger charge is 2.18. The maximum Gasteiger partial charge on any atom is 0.241 e. The van der Waals surface area contributed by atoms with Crippen molar-refractivity contribution in [2.75, 3.05) is 43.6 Å². The molecular formula is C23H31N3O3. The van der Waals surface area contributed by atoms with E-state index in [1.54, 1.807) is 7.11 Å². The summed E-state index contributed by atoms with van der Waals surface area (Å²) in [7, 11) is 1.66. The minimum atomic E-state index is -0.319. The molecular weight excluding hydrogens is 366 g/mol. The van der Waals surface area contributed by atoms with Crippen molar-refractivity contribution in [2.24, 2.45) is 0 Å². The van der Waals surface area contributed by atoms with Crippen LogP contribution in [0.25, 0.3) is 0 Å². The van der Waals surface area contributed by atoms with E-state index in [1.807, 2.05) is 55.5 Å². The number of benzene rings is 2. The fourth-order valence-electron chi connectivity index (χ4n) is 3.49. The van der Waals surface area contributed by atoms with Crippen LogP contribution in [0, 0.1) is 0 Å². The summed E-state index contributed by atoms with van der Waals surface area (Å²) in [5.41, 5.74) is 3.10. The number of anilines is 2. The third kappa shape index (κ3) is 5.71. The zero-order valence-corrected chi connectivity index (χ0v) is 17.5. The molecule has 1 amide bonds. The summed E-state index contributed by atoms with van der Waals surface area (Å²) in [4.78, 5) is 15.0. The average molecular weight is 398 g/mol. The molecule has 0 saturated carbocycles. The Morgan fingerprint density at radius 2 is 1.76 bits per heavy atom. The number of methoxy groups -OCH3 is 1. The Bertz CT molecular complexity index is 771. The molecule has 1 aliphatic rings. The Hall–Kier alpha value is -2.57. The molecule has 1 heterocycles. The van der Waals surface area contributed by atoms with E-state index < -0.39 is 0 Å². The van der Waals surface area contributed by atoms with Crippen LogP contribution < -0.4 is 20.3 Å². The molecule has 29 heavy (non-hydrogen) atoms. The van der Waals surface area contributed by atoms with Gasteiger partial charge < -0.3 is 19.7 Å². The molecule has 2 atom stereocenters. The Morgan fingerprint density at radius 1 is 1.10 bits per heavy atom. The van der Waals surface area contributed by atoms with Crippen LogP contribution in [0.3, 0.4) is 0 Å². The summed E-state index contributed by atoms with van der Waals surface area (Å²) in [6.45, 7) is 7.32. The topological polar surface area (TPSA) is 62.8 Å². The largest absolute Gasteiger partial charge is 0.497 e. The van der Waals surface area contributed by atoms with Crippen molar-refractivity contribution < 1.29 is 14.3 Å². The van der Waals surface area contributed by atoms with Crippen LogP contribution in [-0.4, -0.2) is 45.4 Å². The maximum absolute atomic E-state index is 12.7. The van der Waals surface area contributed by atoms with Crippen LogP contribution in [-0.2, 0) is 9.53 Å². The third-order valence-electron chi connectivity index (χ3n) is 5.28. The molecule has 0 bridgehead atoms. The van der Waals surface area contributed by atoms with Crippen molar-refractivity contribution in [1.29, 1.82) is 0 Å². The van der Waals surface area contributed by atoms with Crippen LogP contribution in [0.2, 0.25) is 0 Å². The molecule has 156 valence electrons. The number of ether oxygens (including phenoxy) is 2. The van der Waals surface area contributed by atoms with Crippen LogP contribution in [0.4, 0.5) is 11.4 Å². The zero-order chi connectivity index (χ0) is 20.6. The van der Waals surface area contributed by atoms with Gasteiger partial charge in [0.05, 0.1) is 26.4 Å². The zero-order valence-electron chi connectivity index (χ0n) is 17.5. The molecule has 2 aromatic rings. The van der Waals surface area contributed by atoms with E-state index in [1.165, 1.54) is 0 Å². The van der Waals surface area contributed by atoms with E-state index in [2.05, 4.69) is 22.5 Å². The van der Waals surface area contributed by atoms with Gasteiger partial charge in [-0.3, -0.25) is 10.1 Å². The normalized spacial score (nSPS) is 16.2. The first kappa shape index (κ1) is 21.1. The molecule has 0 unspecified atom stereocenters. The van der Waals surface area contributed by atoms with Gasteiger partial charge in [0.15, 0.2) is 0 Å². The second-order valence-electron chi connectivity index (χ2n) is 7.26. The highest BCUT2D eigenvalue weighted by atomic mass is 16.5. The van der Waals surface area contributed by atoms with Gasteiger partial charge in [0.2, 0.25) is 5.91 Å². The summed E-state index contributed by atoms with van der Waals surface area (Å²) in [5.74, 6) is 0.783. The lowest BCUT2D eigenvalue weighted by Gasteiger charge is -2.29. The van der Waals surface area contributed by atoms with Crippen molar-refractivity contribution in [3.05, 3.63) is 54.1 Å². The Labute approximate surface area is 173 Å². The molecule has 0 radical (unpaired) electrons. The smallest absolute Gasteiger partial charge is 0.241 e. The van der Waals surface area contributed by atoms with E-state index in [9.17, 15) is 4.79 Å². The van der Waals surface area contributed by atoms with Crippen molar-refractivity contribution in [2.45, 2.75) is 32.4 Å². The number of hydrogen-bond acceptors (Lipinski definition) is 5. The second kappa shape index (κ2) is 10.3. The van der Waals surface area contributed by atoms with Crippen molar-refractivity contribution in [1.82, 2.24) is 5.32 Å². The fourth-order valence-corrected chi connectivity index (χ4v) is 3.49. The molecule has 0 aromatic heterocycles. The lowest BCUT2D eigenvalue weighted by atomic mass is 10.0. The van der Waals surface area contributed by atoms with Gasteiger partial charge in [-0.05, 0) is 55.3 Å². The van der Waals surface area contributed by atoms with E-state index in [4.69, 9.17) is 9.47 Å². The molecule has 2 N–H and O–H groups in total. The van der Waals surface area contributed by atoms with Gasteiger partial charge in [-0.1, -0.05) is 19.1 Å². The van der Waals surface area contributed by atoms with Crippen molar-refractivity contribution in [3.8, 4) is 5.75 Å². The predicted molar refractivity (Wildman–Crippen MR) is 117 cm³/mol. The maximum atomic E-state index is 12.7. The number of nitrogens with one attached hydrogen (secondary N) is 2. The molecule has 1 saturated heterocycles. The van der Waals surface area contributed by atoms with Gasteiger partial charge in [-0.15, -0.1) is 0 Å². The summed E-state index contributed by atoms with van der Waals surface area (Å²) >= 11 is 0. The van der Waals surface area contributed by atoms with E-state index in [-0.39, 0.29) is 18.0 Å². The number of carbonyl (C=O) groups is 1. The summed E-state index contributed by atoms with van der Waals surface area (Å²) in [6.07, 6.45) is 0.887. The molecule has 1 fully saturated rings. The summed E-state index contributed by atoms with van der Waals surface area (Å²) < 4.78 is 10.6. The number of hydrogen-bond donors (Lipinski definition) is 2. The lowest BCUT2D eigenvalue weighted by molar-refractivity contribution is -0.118. The molecule has 1 aliphatic heterocycles. The molecule has 0 spiro atoms. The number of nitrogens with zero attached hydrogens (tertiary/aromatic N) is 1. The monoisotopic (exact) mass is 397 g/mol. The number of carbonyl (C=O) groups excluding carboxylic acids is 1. The van der Waals surface area contributed by atoms with Crippen LogP contribution in [0.15, 0.2) is 48.5 Å². The minimum absolute atomic E-state index is 0.0453. The van der Waals surface area contributed by atoms with Gasteiger partial charge in [0, 0.05) is 30.5 Å². The molecule has 2 aromatic carbocycles. The first-order valence-electron chi connectivity index (χ1n) is 10.2. The van der Waals surface area contributed by atoms with E-state index in [0.29, 0.717) is 0 Å². The molecule has 3 rings (SSSR count). The van der Waals surface area contributed by atoms with E-state index in [0.717, 1.165) is 55.4 Å². The number of morpholine rings is 1.